The number of carbonyl (C=O) groups excluding carboxylic acids is 1. The maximum Gasteiger partial charge on any atom is 0.428 e. The van der Waals surface area contributed by atoms with Gasteiger partial charge < -0.3 is 14.7 Å². The monoisotopic (exact) mass is 343 g/mol. The van der Waals surface area contributed by atoms with Gasteiger partial charge in [-0.05, 0) is 25.0 Å². The number of rotatable bonds is 2. The number of anilines is 1. The molecule has 2 aliphatic heterocycles. The number of alkyl halides is 3. The number of nitrogens with one attached hydrogen (secondary N) is 1. The van der Waals surface area contributed by atoms with Crippen molar-refractivity contribution >= 4 is 17.5 Å². The fourth-order valence-electron chi connectivity index (χ4n) is 2.85. The van der Waals surface area contributed by atoms with Crippen LogP contribution >= 0.6 is 0 Å². The van der Waals surface area contributed by atoms with Crippen LogP contribution in [0.1, 0.15) is 24.0 Å². The molecule has 1 aromatic rings. The second kappa shape index (κ2) is 6.31. The van der Waals surface area contributed by atoms with Gasteiger partial charge >= 0.3 is 12.3 Å². The number of β-amino-alcohol motifs (C(OH)–C–C–N with tert-alkyl or cyclic N) is 1. The van der Waals surface area contributed by atoms with Gasteiger partial charge in [-0.25, -0.2) is 10.2 Å². The number of cyclic esters (lactones) is 1. The lowest BCUT2D eigenvalue weighted by Gasteiger charge is -2.34. The van der Waals surface area contributed by atoms with Gasteiger partial charge in [0, 0.05) is 24.3 Å². The van der Waals surface area contributed by atoms with Crippen molar-refractivity contribution in [3.8, 4) is 0 Å². The highest BCUT2D eigenvalue weighted by Gasteiger charge is 2.36. The fourth-order valence-corrected chi connectivity index (χ4v) is 2.85. The van der Waals surface area contributed by atoms with E-state index in [1.165, 1.54) is 12.1 Å². The molecule has 130 valence electrons. The molecule has 0 spiro atoms. The molecular formula is C15H16F3N3O3. The quantitative estimate of drug-likeness (QED) is 0.863. The minimum atomic E-state index is -4.55. The van der Waals surface area contributed by atoms with Gasteiger partial charge in [-0.15, -0.1) is 0 Å². The highest BCUT2D eigenvalue weighted by atomic mass is 19.4. The molecule has 3 rings (SSSR count). The predicted octanol–water partition coefficient (Wildman–Crippen LogP) is 2.11. The number of halogens is 3. The zero-order valence-corrected chi connectivity index (χ0v) is 12.6. The second-order valence-electron chi connectivity index (χ2n) is 5.72. The van der Waals surface area contributed by atoms with E-state index in [4.69, 9.17) is 4.74 Å². The summed E-state index contributed by atoms with van der Waals surface area (Å²) in [5, 5.41) is 13.4. The Morgan fingerprint density at radius 3 is 2.79 bits per heavy atom. The molecule has 1 aromatic carbocycles. The number of piperidine rings is 1. The smallest absolute Gasteiger partial charge is 0.428 e. The molecule has 2 N–H and O–H groups in total. The number of ether oxygens (including phenoxy) is 1. The first-order valence-electron chi connectivity index (χ1n) is 7.48. The maximum atomic E-state index is 13.5. The third-order valence-corrected chi connectivity index (χ3v) is 3.99. The summed E-state index contributed by atoms with van der Waals surface area (Å²) in [6.45, 7) is 0.438. The molecule has 24 heavy (non-hydrogen) atoms. The number of hydrazone groups is 1. The Labute approximate surface area is 135 Å². The molecule has 6 nitrogen and oxygen atoms in total. The van der Waals surface area contributed by atoms with Crippen molar-refractivity contribution in [2.24, 2.45) is 5.10 Å². The first kappa shape index (κ1) is 16.6. The van der Waals surface area contributed by atoms with Crippen molar-refractivity contribution < 1.29 is 27.8 Å². The van der Waals surface area contributed by atoms with E-state index in [0.717, 1.165) is 6.07 Å². The normalized spacial score (nSPS) is 21.8. The Hall–Kier alpha value is -2.29. The summed E-state index contributed by atoms with van der Waals surface area (Å²) in [5.74, 6) is 0. The summed E-state index contributed by atoms with van der Waals surface area (Å²) < 4.78 is 45.2. The lowest BCUT2D eigenvalue weighted by molar-refractivity contribution is -0.137. The minimum absolute atomic E-state index is 0.0337. The molecule has 1 saturated heterocycles. The topological polar surface area (TPSA) is 74.2 Å². The van der Waals surface area contributed by atoms with Gasteiger partial charge in [0.2, 0.25) is 0 Å². The molecule has 0 radical (unpaired) electrons. The fraction of sp³-hybridized carbons (Fsp3) is 0.467. The van der Waals surface area contributed by atoms with Crippen molar-refractivity contribution in [3.63, 3.8) is 0 Å². The lowest BCUT2D eigenvalue weighted by atomic mass is 10.0. The molecular weight excluding hydrogens is 327 g/mol. The third kappa shape index (κ3) is 3.45. The van der Waals surface area contributed by atoms with E-state index in [1.807, 2.05) is 0 Å². The second-order valence-corrected chi connectivity index (χ2v) is 5.72. The van der Waals surface area contributed by atoms with E-state index in [1.54, 1.807) is 4.90 Å². The van der Waals surface area contributed by atoms with E-state index < -0.39 is 23.9 Å². The average molecular weight is 343 g/mol. The number of aliphatic hydroxyl groups excluding tert-OH is 1. The molecule has 9 heteroatoms. The van der Waals surface area contributed by atoms with E-state index in [2.05, 4.69) is 10.5 Å². The molecule has 1 unspecified atom stereocenters. The predicted molar refractivity (Wildman–Crippen MR) is 79.9 cm³/mol. The van der Waals surface area contributed by atoms with Crippen LogP contribution in [0.5, 0.6) is 0 Å². The number of amides is 1. The van der Waals surface area contributed by atoms with Crippen molar-refractivity contribution in [2.75, 3.05) is 24.6 Å². The van der Waals surface area contributed by atoms with Crippen molar-refractivity contribution in [3.05, 3.63) is 29.3 Å². The van der Waals surface area contributed by atoms with Crippen LogP contribution in [0.25, 0.3) is 0 Å². The number of carbonyl (C=O) groups is 1. The van der Waals surface area contributed by atoms with Gasteiger partial charge in [-0.3, -0.25) is 0 Å². The van der Waals surface area contributed by atoms with Crippen LogP contribution in [-0.4, -0.2) is 42.7 Å². The molecule has 0 bridgehead atoms. The molecule has 1 amide bonds. The van der Waals surface area contributed by atoms with Crippen LogP contribution in [0.4, 0.5) is 23.7 Å². The minimum Gasteiger partial charge on any atom is -0.442 e. The number of hydrogen-bond donors (Lipinski definition) is 2. The highest BCUT2D eigenvalue weighted by molar-refractivity contribution is 6.04. The van der Waals surface area contributed by atoms with Crippen molar-refractivity contribution in [1.82, 2.24) is 5.43 Å². The molecule has 1 fully saturated rings. The number of hydrogen-bond acceptors (Lipinski definition) is 5. The third-order valence-electron chi connectivity index (χ3n) is 3.99. The molecule has 2 aliphatic rings. The summed E-state index contributed by atoms with van der Waals surface area (Å²) in [6.07, 6.45) is -4.71. The Morgan fingerprint density at radius 1 is 1.38 bits per heavy atom. The zero-order valence-electron chi connectivity index (χ0n) is 12.6. The summed E-state index contributed by atoms with van der Waals surface area (Å²) in [6, 6.07) is 3.87. The standard InChI is InChI=1S/C15H16F3N3O3/c16-15(17,18)11-6-9(12-8-24-14(23)20-19-12)3-4-13(11)21-5-1-2-10(22)7-21/h3-4,6,10,22H,1-2,5,7-8H2,(H,20,23). The Bertz CT molecular complexity index is 676. The van der Waals surface area contributed by atoms with E-state index in [9.17, 15) is 23.1 Å². The van der Waals surface area contributed by atoms with Crippen LogP contribution in [0.15, 0.2) is 23.3 Å². The summed E-state index contributed by atoms with van der Waals surface area (Å²) in [7, 11) is 0. The van der Waals surface area contributed by atoms with Gasteiger partial charge in [0.05, 0.1) is 11.7 Å². The van der Waals surface area contributed by atoms with Crippen LogP contribution in [-0.2, 0) is 10.9 Å². The molecule has 2 heterocycles. The number of aliphatic hydroxyl groups is 1. The Kier molecular flexibility index (Phi) is 4.35. The van der Waals surface area contributed by atoms with Crippen LogP contribution in [0, 0.1) is 0 Å². The van der Waals surface area contributed by atoms with Crippen LogP contribution in [0.2, 0.25) is 0 Å². The van der Waals surface area contributed by atoms with Gasteiger partial charge in [0.1, 0.15) is 12.3 Å². The van der Waals surface area contributed by atoms with E-state index >= 15 is 0 Å². The Morgan fingerprint density at radius 2 is 2.17 bits per heavy atom. The number of nitrogens with zero attached hydrogens (tertiary/aromatic N) is 2. The average Bonchev–Trinajstić information content (AvgIpc) is 2.54. The van der Waals surface area contributed by atoms with Gasteiger partial charge in [0.15, 0.2) is 0 Å². The van der Waals surface area contributed by atoms with Crippen molar-refractivity contribution in [2.45, 2.75) is 25.1 Å². The first-order valence-corrected chi connectivity index (χ1v) is 7.48. The summed E-state index contributed by atoms with van der Waals surface area (Å²) in [5.41, 5.74) is 1.75. The van der Waals surface area contributed by atoms with Gasteiger partial charge in [-0.1, -0.05) is 6.07 Å². The molecule has 0 aliphatic carbocycles. The van der Waals surface area contributed by atoms with Crippen LogP contribution in [0.3, 0.4) is 0 Å². The lowest BCUT2D eigenvalue weighted by Crippen LogP contribution is -2.39. The van der Waals surface area contributed by atoms with Crippen LogP contribution < -0.4 is 10.3 Å². The molecule has 0 aromatic heterocycles. The van der Waals surface area contributed by atoms with E-state index in [0.29, 0.717) is 19.4 Å². The summed E-state index contributed by atoms with van der Waals surface area (Å²) >= 11 is 0. The number of benzene rings is 1. The van der Waals surface area contributed by atoms with Crippen molar-refractivity contribution in [1.29, 1.82) is 0 Å². The Balaban J connectivity index is 1.97. The molecule has 0 saturated carbocycles. The first-order chi connectivity index (χ1) is 11.3. The van der Waals surface area contributed by atoms with E-state index in [-0.39, 0.29) is 30.1 Å². The van der Waals surface area contributed by atoms with Gasteiger partial charge in [-0.2, -0.15) is 18.3 Å². The van der Waals surface area contributed by atoms with Gasteiger partial charge in [0.25, 0.3) is 0 Å². The highest BCUT2D eigenvalue weighted by Crippen LogP contribution is 2.38. The SMILES string of the molecule is O=C1NN=C(c2ccc(N3CCCC(O)C3)c(C(F)(F)F)c2)CO1. The zero-order chi connectivity index (χ0) is 17.3. The molecule has 1 atom stereocenters. The maximum absolute atomic E-state index is 13.5. The summed E-state index contributed by atoms with van der Waals surface area (Å²) in [4.78, 5) is 12.5. The largest absolute Gasteiger partial charge is 0.442 e.